The maximum absolute atomic E-state index is 12.1. The Hall–Kier alpha value is -3.41. The first-order valence-corrected chi connectivity index (χ1v) is 13.7. The standard InChI is InChI=1S/C32H46N2O4/c1-4-5-6-7-8-9-10-11-12-13-14-15-16-17-18-19-20-21-22-23-30(35)33-27-28-26-29(28)34(2)31(36)24-25-32(37)38-3/h5-6,8-9,11-12,14-15,17-18,20-21,24-25,28-29H,4,7,10,13,16,19,22-23,26-27H2,1-3H3,(H,33,35). The first kappa shape index (κ1) is 32.6. The van der Waals surface area contributed by atoms with E-state index >= 15 is 0 Å². The third-order valence-electron chi connectivity index (χ3n) is 5.99. The summed E-state index contributed by atoms with van der Waals surface area (Å²) in [5, 5.41) is 2.95. The molecule has 208 valence electrons. The number of likely N-dealkylation sites (N-methyl/N-ethyl adjacent to an activating group) is 1. The lowest BCUT2D eigenvalue weighted by molar-refractivity contribution is -0.135. The second-order valence-electron chi connectivity index (χ2n) is 9.13. The number of carbonyl (C=O) groups excluding carboxylic acids is 3. The molecule has 0 aliphatic heterocycles. The second kappa shape index (κ2) is 21.7. The quantitative estimate of drug-likeness (QED) is 0.125. The third-order valence-corrected chi connectivity index (χ3v) is 5.99. The van der Waals surface area contributed by atoms with Gasteiger partial charge in [0.15, 0.2) is 0 Å². The molecule has 6 heteroatoms. The van der Waals surface area contributed by atoms with Crippen LogP contribution in [0, 0.1) is 5.92 Å². The molecular weight excluding hydrogens is 476 g/mol. The lowest BCUT2D eigenvalue weighted by atomic mass is 10.2. The number of hydrogen-bond donors (Lipinski definition) is 1. The molecule has 38 heavy (non-hydrogen) atoms. The van der Waals surface area contributed by atoms with Crippen molar-refractivity contribution >= 4 is 17.8 Å². The fourth-order valence-corrected chi connectivity index (χ4v) is 3.60. The maximum Gasteiger partial charge on any atom is 0.330 e. The number of carbonyl (C=O) groups is 3. The Balaban J connectivity index is 2.03. The van der Waals surface area contributed by atoms with Crippen LogP contribution in [-0.2, 0) is 19.1 Å². The predicted molar refractivity (Wildman–Crippen MR) is 156 cm³/mol. The number of amides is 2. The van der Waals surface area contributed by atoms with E-state index in [0.717, 1.165) is 51.0 Å². The average molecular weight is 523 g/mol. The SMILES string of the molecule is CCC=CCC=CCC=CCC=CCC=CCC=CCCC(=O)NCC1CC1N(C)C(=O)C=CC(=O)OC. The number of nitrogens with zero attached hydrogens (tertiary/aromatic N) is 1. The minimum atomic E-state index is -0.557. The summed E-state index contributed by atoms with van der Waals surface area (Å²) in [6.45, 7) is 2.71. The van der Waals surface area contributed by atoms with E-state index < -0.39 is 5.97 Å². The van der Waals surface area contributed by atoms with Gasteiger partial charge in [0, 0.05) is 38.2 Å². The highest BCUT2D eigenvalue weighted by atomic mass is 16.5. The monoisotopic (exact) mass is 522 g/mol. The van der Waals surface area contributed by atoms with Crippen LogP contribution in [0.2, 0.25) is 0 Å². The van der Waals surface area contributed by atoms with Gasteiger partial charge in [0.1, 0.15) is 0 Å². The van der Waals surface area contributed by atoms with Crippen LogP contribution >= 0.6 is 0 Å². The van der Waals surface area contributed by atoms with Crippen molar-refractivity contribution in [2.24, 2.45) is 5.92 Å². The summed E-state index contributed by atoms with van der Waals surface area (Å²) in [7, 11) is 2.97. The highest BCUT2D eigenvalue weighted by molar-refractivity contribution is 5.94. The molecule has 2 unspecified atom stereocenters. The molecule has 0 aromatic carbocycles. The van der Waals surface area contributed by atoms with E-state index in [4.69, 9.17) is 0 Å². The van der Waals surface area contributed by atoms with Gasteiger partial charge in [0.2, 0.25) is 11.8 Å². The van der Waals surface area contributed by atoms with Crippen LogP contribution in [0.5, 0.6) is 0 Å². The number of rotatable bonds is 19. The maximum atomic E-state index is 12.1. The van der Waals surface area contributed by atoms with Crippen LogP contribution in [-0.4, -0.2) is 49.4 Å². The van der Waals surface area contributed by atoms with Crippen LogP contribution < -0.4 is 5.32 Å². The van der Waals surface area contributed by atoms with Crippen LogP contribution in [0.1, 0.15) is 64.7 Å². The Bertz CT molecular complexity index is 908. The first-order valence-electron chi connectivity index (χ1n) is 13.7. The number of esters is 1. The van der Waals surface area contributed by atoms with E-state index in [2.05, 4.69) is 83.8 Å². The van der Waals surface area contributed by atoms with E-state index in [9.17, 15) is 14.4 Å². The van der Waals surface area contributed by atoms with Gasteiger partial charge in [-0.1, -0.05) is 79.8 Å². The van der Waals surface area contributed by atoms with Crippen LogP contribution in [0.25, 0.3) is 0 Å². The fourth-order valence-electron chi connectivity index (χ4n) is 3.60. The van der Waals surface area contributed by atoms with Crippen molar-refractivity contribution in [2.75, 3.05) is 20.7 Å². The largest absolute Gasteiger partial charge is 0.466 e. The molecule has 1 rings (SSSR count). The van der Waals surface area contributed by atoms with Gasteiger partial charge in [-0.3, -0.25) is 9.59 Å². The first-order chi connectivity index (χ1) is 18.5. The summed E-state index contributed by atoms with van der Waals surface area (Å²) in [5.41, 5.74) is 0. The summed E-state index contributed by atoms with van der Waals surface area (Å²) < 4.78 is 4.49. The topological polar surface area (TPSA) is 75.7 Å². The Morgan fingerprint density at radius 1 is 0.789 bits per heavy atom. The molecule has 1 saturated carbocycles. The number of methoxy groups -OCH3 is 1. The predicted octanol–water partition coefficient (Wildman–Crippen LogP) is 6.16. The van der Waals surface area contributed by atoms with Crippen molar-refractivity contribution in [1.29, 1.82) is 0 Å². The molecule has 0 aromatic heterocycles. The van der Waals surface area contributed by atoms with Gasteiger partial charge in [-0.25, -0.2) is 4.79 Å². The van der Waals surface area contributed by atoms with Gasteiger partial charge in [-0.2, -0.15) is 0 Å². The smallest absolute Gasteiger partial charge is 0.330 e. The van der Waals surface area contributed by atoms with Gasteiger partial charge in [-0.05, 0) is 57.3 Å². The van der Waals surface area contributed by atoms with E-state index in [-0.39, 0.29) is 23.8 Å². The molecule has 2 atom stereocenters. The van der Waals surface area contributed by atoms with Crippen molar-refractivity contribution in [3.8, 4) is 0 Å². The molecular formula is C32H46N2O4. The highest BCUT2D eigenvalue weighted by Crippen LogP contribution is 2.34. The lowest BCUT2D eigenvalue weighted by Gasteiger charge is -2.15. The minimum Gasteiger partial charge on any atom is -0.466 e. The molecule has 1 aliphatic carbocycles. The van der Waals surface area contributed by atoms with Crippen molar-refractivity contribution in [2.45, 2.75) is 70.8 Å². The Morgan fingerprint density at radius 3 is 1.79 bits per heavy atom. The molecule has 1 aliphatic rings. The van der Waals surface area contributed by atoms with Crippen LogP contribution in [0.3, 0.4) is 0 Å². The van der Waals surface area contributed by atoms with E-state index in [1.54, 1.807) is 11.9 Å². The zero-order chi connectivity index (χ0) is 27.8. The van der Waals surface area contributed by atoms with E-state index in [1.165, 1.54) is 13.2 Å². The summed E-state index contributed by atoms with van der Waals surface area (Å²) in [5.74, 6) is -0.523. The van der Waals surface area contributed by atoms with Crippen LogP contribution in [0.15, 0.2) is 85.1 Å². The van der Waals surface area contributed by atoms with Crippen molar-refractivity contribution in [1.82, 2.24) is 10.2 Å². The highest BCUT2D eigenvalue weighted by Gasteiger charge is 2.41. The second-order valence-corrected chi connectivity index (χ2v) is 9.13. The molecule has 0 saturated heterocycles. The molecule has 1 fully saturated rings. The molecule has 2 amide bonds. The van der Waals surface area contributed by atoms with Gasteiger partial charge >= 0.3 is 5.97 Å². The molecule has 0 aromatic rings. The van der Waals surface area contributed by atoms with Crippen molar-refractivity contribution in [3.05, 3.63) is 85.1 Å². The summed E-state index contributed by atoms with van der Waals surface area (Å²) >= 11 is 0. The Labute approximate surface area is 229 Å². The summed E-state index contributed by atoms with van der Waals surface area (Å²) in [4.78, 5) is 36.8. The molecule has 6 nitrogen and oxygen atoms in total. The lowest BCUT2D eigenvalue weighted by Crippen LogP contribution is -2.32. The number of ether oxygens (including phenoxy) is 1. The molecule has 0 bridgehead atoms. The molecule has 1 N–H and O–H groups in total. The van der Waals surface area contributed by atoms with Gasteiger partial charge < -0.3 is 15.0 Å². The molecule has 0 radical (unpaired) electrons. The number of hydrogen-bond acceptors (Lipinski definition) is 4. The Kier molecular flexibility index (Phi) is 18.6. The molecule has 0 heterocycles. The van der Waals surface area contributed by atoms with Gasteiger partial charge in [0.05, 0.1) is 7.11 Å². The normalized spacial score (nSPS) is 17.8. The average Bonchev–Trinajstić information content (AvgIpc) is 3.70. The van der Waals surface area contributed by atoms with E-state index in [0.29, 0.717) is 19.4 Å². The molecule has 0 spiro atoms. The van der Waals surface area contributed by atoms with Crippen molar-refractivity contribution < 1.29 is 19.1 Å². The number of nitrogens with one attached hydrogen (secondary N) is 1. The van der Waals surface area contributed by atoms with Gasteiger partial charge in [-0.15, -0.1) is 0 Å². The van der Waals surface area contributed by atoms with Crippen LogP contribution in [0.4, 0.5) is 0 Å². The number of allylic oxidation sites excluding steroid dienone is 12. The van der Waals surface area contributed by atoms with Gasteiger partial charge in [0.25, 0.3) is 0 Å². The zero-order valence-electron chi connectivity index (χ0n) is 23.4. The summed E-state index contributed by atoms with van der Waals surface area (Å²) in [6, 6.07) is 0.0912. The minimum absolute atomic E-state index is 0.0229. The Morgan fingerprint density at radius 2 is 1.29 bits per heavy atom. The summed E-state index contributed by atoms with van der Waals surface area (Å²) in [6.07, 6.45) is 36.2. The zero-order valence-corrected chi connectivity index (χ0v) is 23.4. The third kappa shape index (κ3) is 17.1. The van der Waals surface area contributed by atoms with E-state index in [1.807, 2.05) is 6.08 Å². The fraction of sp³-hybridized carbons (Fsp3) is 0.469. The van der Waals surface area contributed by atoms with Crippen molar-refractivity contribution in [3.63, 3.8) is 0 Å².